The molecule has 0 unspecified atom stereocenters. The Morgan fingerprint density at radius 2 is 2.00 bits per heavy atom. The van der Waals surface area contributed by atoms with E-state index in [-0.39, 0.29) is 19.0 Å². The van der Waals surface area contributed by atoms with Crippen molar-refractivity contribution in [2.24, 2.45) is 0 Å². The minimum atomic E-state index is -0.788. The van der Waals surface area contributed by atoms with Gasteiger partial charge >= 0.3 is 0 Å². The van der Waals surface area contributed by atoms with Crippen LogP contribution in [-0.2, 0) is 13.2 Å². The molecule has 0 bridgehead atoms. The molecule has 90 valence electrons. The standard InChI is InChI=1S/C11H12FN3O2/c12-9-3-1-8(2-4-9)11(17)6-15-5-10(7-16)13-14-15/h1-5,11,16-17H,6-7H2/t11-/m1/s1. The highest BCUT2D eigenvalue weighted by atomic mass is 19.1. The van der Waals surface area contributed by atoms with Gasteiger partial charge in [0.25, 0.3) is 0 Å². The maximum atomic E-state index is 12.7. The second-order valence-electron chi connectivity index (χ2n) is 3.66. The van der Waals surface area contributed by atoms with Crippen molar-refractivity contribution < 1.29 is 14.6 Å². The molecule has 1 aromatic carbocycles. The van der Waals surface area contributed by atoms with Gasteiger partial charge in [-0.15, -0.1) is 5.10 Å². The second kappa shape index (κ2) is 5.03. The summed E-state index contributed by atoms with van der Waals surface area (Å²) in [5, 5.41) is 26.1. The predicted octanol–water partition coefficient (Wildman–Crippen LogP) is 0.643. The predicted molar refractivity (Wildman–Crippen MR) is 57.3 cm³/mol. The average molecular weight is 237 g/mol. The summed E-state index contributed by atoms with van der Waals surface area (Å²) in [5.41, 5.74) is 1.05. The van der Waals surface area contributed by atoms with Crippen LogP contribution in [0.15, 0.2) is 30.5 Å². The lowest BCUT2D eigenvalue weighted by Crippen LogP contribution is -2.09. The third kappa shape index (κ3) is 2.86. The van der Waals surface area contributed by atoms with E-state index >= 15 is 0 Å². The number of rotatable bonds is 4. The first-order chi connectivity index (χ1) is 8.19. The molecule has 2 N–H and O–H groups in total. The summed E-state index contributed by atoms with van der Waals surface area (Å²) < 4.78 is 14.1. The lowest BCUT2D eigenvalue weighted by atomic mass is 10.1. The largest absolute Gasteiger partial charge is 0.390 e. The Balaban J connectivity index is 2.05. The van der Waals surface area contributed by atoms with Crippen molar-refractivity contribution in [1.29, 1.82) is 0 Å². The summed E-state index contributed by atoms with van der Waals surface area (Å²) in [6, 6.07) is 5.62. The van der Waals surface area contributed by atoms with E-state index in [9.17, 15) is 9.50 Å². The van der Waals surface area contributed by atoms with Crippen LogP contribution in [0.1, 0.15) is 17.4 Å². The number of aliphatic hydroxyl groups excluding tert-OH is 2. The van der Waals surface area contributed by atoms with Crippen LogP contribution in [0.25, 0.3) is 0 Å². The van der Waals surface area contributed by atoms with Crippen LogP contribution >= 0.6 is 0 Å². The number of nitrogens with zero attached hydrogens (tertiary/aromatic N) is 3. The minimum Gasteiger partial charge on any atom is -0.390 e. The van der Waals surface area contributed by atoms with Crippen molar-refractivity contribution in [1.82, 2.24) is 15.0 Å². The van der Waals surface area contributed by atoms with Crippen LogP contribution in [0.2, 0.25) is 0 Å². The Morgan fingerprint density at radius 3 is 2.59 bits per heavy atom. The van der Waals surface area contributed by atoms with Crippen LogP contribution < -0.4 is 0 Å². The lowest BCUT2D eigenvalue weighted by Gasteiger charge is -2.10. The molecular weight excluding hydrogens is 225 g/mol. The molecule has 0 radical (unpaired) electrons. The average Bonchev–Trinajstić information content (AvgIpc) is 2.77. The van der Waals surface area contributed by atoms with Crippen LogP contribution in [0.4, 0.5) is 4.39 Å². The fraction of sp³-hybridized carbons (Fsp3) is 0.273. The van der Waals surface area contributed by atoms with E-state index in [0.29, 0.717) is 11.3 Å². The monoisotopic (exact) mass is 237 g/mol. The molecule has 0 aliphatic carbocycles. The van der Waals surface area contributed by atoms with Crippen molar-refractivity contribution in [3.8, 4) is 0 Å². The molecule has 2 rings (SSSR count). The molecule has 0 saturated carbocycles. The molecule has 6 heteroatoms. The minimum absolute atomic E-state index is 0.188. The lowest BCUT2D eigenvalue weighted by molar-refractivity contribution is 0.150. The topological polar surface area (TPSA) is 71.2 Å². The van der Waals surface area contributed by atoms with Gasteiger partial charge in [-0.1, -0.05) is 17.3 Å². The number of halogens is 1. The summed E-state index contributed by atoms with van der Waals surface area (Å²) in [6.45, 7) is 0.0191. The third-order valence-corrected chi connectivity index (χ3v) is 2.36. The van der Waals surface area contributed by atoms with Crippen LogP contribution in [0.3, 0.4) is 0 Å². The van der Waals surface area contributed by atoms with Gasteiger partial charge in [0.2, 0.25) is 0 Å². The number of hydrogen-bond donors (Lipinski definition) is 2. The van der Waals surface area contributed by atoms with Crippen molar-refractivity contribution in [3.63, 3.8) is 0 Å². The van der Waals surface area contributed by atoms with Gasteiger partial charge in [-0.25, -0.2) is 9.07 Å². The summed E-state index contributed by atoms with van der Waals surface area (Å²) in [4.78, 5) is 0. The molecule has 17 heavy (non-hydrogen) atoms. The Labute approximate surface area is 97.1 Å². The molecule has 1 heterocycles. The van der Waals surface area contributed by atoms with E-state index in [1.165, 1.54) is 28.9 Å². The van der Waals surface area contributed by atoms with E-state index < -0.39 is 6.10 Å². The van der Waals surface area contributed by atoms with Crippen molar-refractivity contribution >= 4 is 0 Å². The van der Waals surface area contributed by atoms with E-state index in [1.807, 2.05) is 0 Å². The van der Waals surface area contributed by atoms with Gasteiger partial charge in [0, 0.05) is 0 Å². The van der Waals surface area contributed by atoms with Gasteiger partial charge in [-0.3, -0.25) is 0 Å². The van der Waals surface area contributed by atoms with E-state index in [0.717, 1.165) is 0 Å². The number of benzene rings is 1. The fourth-order valence-corrected chi connectivity index (χ4v) is 1.47. The van der Waals surface area contributed by atoms with Gasteiger partial charge in [-0.05, 0) is 17.7 Å². The van der Waals surface area contributed by atoms with Gasteiger partial charge in [-0.2, -0.15) is 0 Å². The quantitative estimate of drug-likeness (QED) is 0.818. The molecule has 0 aliphatic heterocycles. The Bertz CT molecular complexity index is 484. The molecule has 2 aromatic rings. The highest BCUT2D eigenvalue weighted by molar-refractivity contribution is 5.18. The molecular formula is C11H12FN3O2. The van der Waals surface area contributed by atoms with E-state index in [2.05, 4.69) is 10.3 Å². The van der Waals surface area contributed by atoms with E-state index in [4.69, 9.17) is 5.11 Å². The van der Waals surface area contributed by atoms with Crippen molar-refractivity contribution in [2.45, 2.75) is 19.3 Å². The zero-order chi connectivity index (χ0) is 12.3. The summed E-state index contributed by atoms with van der Waals surface area (Å²) in [6.07, 6.45) is 0.760. The van der Waals surface area contributed by atoms with Gasteiger partial charge in [0.1, 0.15) is 11.5 Å². The Kier molecular flexibility index (Phi) is 3.46. The SMILES string of the molecule is OCc1cn(C[C@@H](O)c2ccc(F)cc2)nn1. The zero-order valence-corrected chi connectivity index (χ0v) is 8.99. The molecule has 0 aliphatic rings. The summed E-state index contributed by atoms with van der Waals surface area (Å²) in [5.74, 6) is -0.343. The van der Waals surface area contributed by atoms with Crippen molar-refractivity contribution in [2.75, 3.05) is 0 Å². The van der Waals surface area contributed by atoms with Crippen LogP contribution in [0, 0.1) is 5.82 Å². The summed E-state index contributed by atoms with van der Waals surface area (Å²) in [7, 11) is 0. The maximum Gasteiger partial charge on any atom is 0.123 e. The van der Waals surface area contributed by atoms with Gasteiger partial charge < -0.3 is 10.2 Å². The van der Waals surface area contributed by atoms with E-state index in [1.54, 1.807) is 6.20 Å². The van der Waals surface area contributed by atoms with Crippen LogP contribution in [-0.4, -0.2) is 25.2 Å². The third-order valence-electron chi connectivity index (χ3n) is 2.36. The molecule has 0 amide bonds. The molecule has 1 aromatic heterocycles. The number of hydrogen-bond acceptors (Lipinski definition) is 4. The molecule has 5 nitrogen and oxygen atoms in total. The first-order valence-corrected chi connectivity index (χ1v) is 5.12. The smallest absolute Gasteiger partial charge is 0.123 e. The van der Waals surface area contributed by atoms with Gasteiger partial charge in [0.15, 0.2) is 0 Å². The molecule has 0 saturated heterocycles. The second-order valence-corrected chi connectivity index (χ2v) is 3.66. The van der Waals surface area contributed by atoms with Crippen molar-refractivity contribution in [3.05, 3.63) is 47.5 Å². The molecule has 1 atom stereocenters. The fourth-order valence-electron chi connectivity index (χ4n) is 1.47. The highest BCUT2D eigenvalue weighted by Gasteiger charge is 2.09. The number of aromatic nitrogens is 3. The highest BCUT2D eigenvalue weighted by Crippen LogP contribution is 2.15. The van der Waals surface area contributed by atoms with Gasteiger partial charge in [0.05, 0.1) is 25.5 Å². The zero-order valence-electron chi connectivity index (χ0n) is 8.99. The number of aliphatic hydroxyl groups is 2. The maximum absolute atomic E-state index is 12.7. The molecule has 0 spiro atoms. The normalized spacial score (nSPS) is 12.6. The first kappa shape index (κ1) is 11.7. The first-order valence-electron chi connectivity index (χ1n) is 5.12. The molecule has 0 fully saturated rings. The Morgan fingerprint density at radius 1 is 1.29 bits per heavy atom. The van der Waals surface area contributed by atoms with Crippen LogP contribution in [0.5, 0.6) is 0 Å². The summed E-state index contributed by atoms with van der Waals surface area (Å²) >= 11 is 0. The Hall–Kier alpha value is -1.79.